The van der Waals surface area contributed by atoms with Crippen molar-refractivity contribution in [2.45, 2.75) is 0 Å². The molecule has 0 fully saturated rings. The Morgan fingerprint density at radius 1 is 1.00 bits per heavy atom. The van der Waals surface area contributed by atoms with Gasteiger partial charge in [-0.1, -0.05) is 36.4 Å². The average Bonchev–Trinajstić information content (AvgIpc) is 1.88. The van der Waals surface area contributed by atoms with Crippen molar-refractivity contribution in [2.24, 2.45) is 0 Å². The summed E-state index contributed by atoms with van der Waals surface area (Å²) in [5.41, 5.74) is 0. The Morgan fingerprint density at radius 2 is 1.08 bits per heavy atom. The standard InChI is InChI=1S/C6H6.CH4O3S.K.H/c1-2-4-6-5-3-1;1-5(2,3)4;;/h1-6H;1H3,(H,2,3,4);;/q;;+1;-1. The second-order valence-electron chi connectivity index (χ2n) is 1.89. The largest absolute Gasteiger partial charge is 1.00 e. The van der Waals surface area contributed by atoms with Crippen molar-refractivity contribution in [2.75, 3.05) is 6.26 Å². The van der Waals surface area contributed by atoms with Gasteiger partial charge in [0.15, 0.2) is 0 Å². The second kappa shape index (κ2) is 8.37. The molecule has 12 heavy (non-hydrogen) atoms. The van der Waals surface area contributed by atoms with Crippen molar-refractivity contribution in [3.05, 3.63) is 36.4 Å². The van der Waals surface area contributed by atoms with Crippen LogP contribution in [0.3, 0.4) is 0 Å². The van der Waals surface area contributed by atoms with E-state index < -0.39 is 10.1 Å². The van der Waals surface area contributed by atoms with Crippen LogP contribution < -0.4 is 51.4 Å². The molecular weight excluding hydrogens is 203 g/mol. The molecule has 1 rings (SSSR count). The van der Waals surface area contributed by atoms with Gasteiger partial charge in [-0.25, -0.2) is 0 Å². The molecule has 0 atom stereocenters. The van der Waals surface area contributed by atoms with Crippen LogP contribution in [0.1, 0.15) is 1.43 Å². The summed E-state index contributed by atoms with van der Waals surface area (Å²) in [6, 6.07) is 12.0. The predicted molar refractivity (Wildman–Crippen MR) is 45.0 cm³/mol. The zero-order chi connectivity index (χ0) is 8.74. The van der Waals surface area contributed by atoms with Crippen molar-refractivity contribution in [1.82, 2.24) is 0 Å². The first kappa shape index (κ1) is 15.2. The van der Waals surface area contributed by atoms with Crippen LogP contribution in [-0.4, -0.2) is 19.2 Å². The maximum atomic E-state index is 9.19. The van der Waals surface area contributed by atoms with Gasteiger partial charge >= 0.3 is 51.4 Å². The summed E-state index contributed by atoms with van der Waals surface area (Å²) >= 11 is 0. The number of hydrogen-bond donors (Lipinski definition) is 1. The van der Waals surface area contributed by atoms with E-state index in [2.05, 4.69) is 0 Å². The summed E-state index contributed by atoms with van der Waals surface area (Å²) in [7, 11) is -3.67. The van der Waals surface area contributed by atoms with Gasteiger partial charge in [0.25, 0.3) is 10.1 Å². The molecule has 0 radical (unpaired) electrons. The Morgan fingerprint density at radius 3 is 1.17 bits per heavy atom. The molecule has 0 aliphatic carbocycles. The molecule has 1 N–H and O–H groups in total. The van der Waals surface area contributed by atoms with Crippen LogP contribution in [0.4, 0.5) is 0 Å². The van der Waals surface area contributed by atoms with Crippen LogP contribution in [-0.2, 0) is 10.1 Å². The maximum Gasteiger partial charge on any atom is 1.00 e. The van der Waals surface area contributed by atoms with Crippen molar-refractivity contribution in [1.29, 1.82) is 0 Å². The van der Waals surface area contributed by atoms with Gasteiger partial charge in [-0.3, -0.25) is 4.55 Å². The monoisotopic (exact) mass is 214 g/mol. The fourth-order valence-corrected chi connectivity index (χ4v) is 0.385. The topological polar surface area (TPSA) is 54.4 Å². The Balaban J connectivity index is -0.000000136. The molecule has 0 aromatic heterocycles. The Hall–Kier alpha value is 0.766. The van der Waals surface area contributed by atoms with Gasteiger partial charge in [-0.05, 0) is 0 Å². The van der Waals surface area contributed by atoms with Crippen LogP contribution in [0.2, 0.25) is 0 Å². The molecule has 64 valence electrons. The number of benzene rings is 1. The molecule has 0 heterocycles. The minimum atomic E-state index is -3.67. The van der Waals surface area contributed by atoms with E-state index in [0.717, 1.165) is 0 Å². The van der Waals surface area contributed by atoms with Crippen LogP contribution >= 0.6 is 0 Å². The first-order valence-electron chi connectivity index (χ1n) is 2.92. The third kappa shape index (κ3) is 22.4. The molecule has 0 spiro atoms. The molecule has 0 saturated heterocycles. The van der Waals surface area contributed by atoms with Crippen LogP contribution in [0.25, 0.3) is 0 Å². The molecule has 0 saturated carbocycles. The van der Waals surface area contributed by atoms with E-state index in [0.29, 0.717) is 6.26 Å². The maximum absolute atomic E-state index is 9.19. The van der Waals surface area contributed by atoms with Gasteiger partial charge in [-0.2, -0.15) is 8.42 Å². The molecule has 3 nitrogen and oxygen atoms in total. The van der Waals surface area contributed by atoms with Gasteiger partial charge < -0.3 is 1.43 Å². The minimum absolute atomic E-state index is 0. The van der Waals surface area contributed by atoms with Crippen molar-refractivity contribution >= 4 is 10.1 Å². The van der Waals surface area contributed by atoms with Gasteiger partial charge in [0.05, 0.1) is 6.26 Å². The van der Waals surface area contributed by atoms with E-state index in [1.165, 1.54) is 0 Å². The summed E-state index contributed by atoms with van der Waals surface area (Å²) in [5.74, 6) is 0. The Labute approximate surface area is 117 Å². The molecule has 0 amide bonds. The molecular formula is C7H11KO3S. The minimum Gasteiger partial charge on any atom is -1.00 e. The van der Waals surface area contributed by atoms with Crippen molar-refractivity contribution in [3.63, 3.8) is 0 Å². The van der Waals surface area contributed by atoms with Crippen LogP contribution in [0, 0.1) is 0 Å². The van der Waals surface area contributed by atoms with E-state index in [1.54, 1.807) is 0 Å². The van der Waals surface area contributed by atoms with E-state index in [9.17, 15) is 8.42 Å². The SMILES string of the molecule is CS(=O)(=O)O.[H-].[K+].c1ccccc1. The summed E-state index contributed by atoms with van der Waals surface area (Å²) in [4.78, 5) is 0. The average molecular weight is 214 g/mol. The first-order valence-corrected chi connectivity index (χ1v) is 4.77. The smallest absolute Gasteiger partial charge is 1.00 e. The number of hydrogen-bond acceptors (Lipinski definition) is 2. The fraction of sp³-hybridized carbons (Fsp3) is 0.143. The Kier molecular flexibility index (Phi) is 10.6. The first-order chi connectivity index (χ1) is 5.00. The fourth-order valence-electron chi connectivity index (χ4n) is 0.385. The zero-order valence-corrected chi connectivity index (χ0v) is 11.1. The normalized spacial score (nSPS) is 8.83. The van der Waals surface area contributed by atoms with E-state index >= 15 is 0 Å². The van der Waals surface area contributed by atoms with E-state index in [4.69, 9.17) is 4.55 Å². The summed E-state index contributed by atoms with van der Waals surface area (Å²) in [5, 5.41) is 0. The van der Waals surface area contributed by atoms with Crippen LogP contribution in [0.15, 0.2) is 36.4 Å². The van der Waals surface area contributed by atoms with Gasteiger partial charge in [0, 0.05) is 0 Å². The Bertz CT molecular complexity index is 240. The van der Waals surface area contributed by atoms with Gasteiger partial charge in [-0.15, -0.1) is 0 Å². The number of rotatable bonds is 0. The van der Waals surface area contributed by atoms with E-state index in [-0.39, 0.29) is 52.8 Å². The summed E-state index contributed by atoms with van der Waals surface area (Å²) in [6.45, 7) is 0. The predicted octanol–water partition coefficient (Wildman–Crippen LogP) is -1.69. The van der Waals surface area contributed by atoms with Crippen LogP contribution in [0.5, 0.6) is 0 Å². The third-order valence-electron chi connectivity index (χ3n) is 0.667. The zero-order valence-electron chi connectivity index (χ0n) is 8.14. The molecule has 0 unspecified atom stereocenters. The molecule has 0 aliphatic rings. The van der Waals surface area contributed by atoms with Gasteiger partial charge in [0.1, 0.15) is 0 Å². The molecule has 0 aliphatic heterocycles. The quantitative estimate of drug-likeness (QED) is 0.414. The second-order valence-corrected chi connectivity index (χ2v) is 3.35. The van der Waals surface area contributed by atoms with Crippen molar-refractivity contribution in [3.8, 4) is 0 Å². The third-order valence-corrected chi connectivity index (χ3v) is 0.667. The summed E-state index contributed by atoms with van der Waals surface area (Å²) < 4.78 is 25.9. The molecule has 0 bridgehead atoms. The molecule has 5 heteroatoms. The van der Waals surface area contributed by atoms with Gasteiger partial charge in [0.2, 0.25) is 0 Å². The van der Waals surface area contributed by atoms with Crippen molar-refractivity contribution < 1.29 is 65.8 Å². The molecule has 1 aromatic rings. The van der Waals surface area contributed by atoms with E-state index in [1.807, 2.05) is 36.4 Å². The summed E-state index contributed by atoms with van der Waals surface area (Å²) in [6.07, 6.45) is 0.715. The molecule has 1 aromatic carbocycles.